The number of aryl methyl sites for hydroxylation is 1. The average Bonchev–Trinajstić information content (AvgIpc) is 3.19. The van der Waals surface area contributed by atoms with Gasteiger partial charge in [-0.1, -0.05) is 11.6 Å². The maximum Gasteiger partial charge on any atom is 0.332 e. The minimum atomic E-state index is -0.301. The van der Waals surface area contributed by atoms with Crippen molar-refractivity contribution in [2.45, 2.75) is 52.2 Å². The van der Waals surface area contributed by atoms with Crippen molar-refractivity contribution in [1.29, 1.82) is 0 Å². The monoisotopic (exact) mass is 472 g/mol. The lowest BCUT2D eigenvalue weighted by Crippen LogP contribution is -2.45. The van der Waals surface area contributed by atoms with E-state index in [2.05, 4.69) is 27.8 Å². The molecule has 188 valence electrons. The first-order chi connectivity index (χ1) is 16.3. The van der Waals surface area contributed by atoms with Gasteiger partial charge in [0.15, 0.2) is 11.2 Å². The summed E-state index contributed by atoms with van der Waals surface area (Å²) in [6.07, 6.45) is 4.84. The summed E-state index contributed by atoms with van der Waals surface area (Å²) in [6, 6.07) is 0.0838. The van der Waals surface area contributed by atoms with Crippen LogP contribution in [0.3, 0.4) is 0 Å². The van der Waals surface area contributed by atoms with E-state index in [0.29, 0.717) is 30.8 Å². The molecule has 2 N–H and O–H groups in total. The molecule has 2 aliphatic heterocycles. The van der Waals surface area contributed by atoms with Crippen LogP contribution in [-0.2, 0) is 20.1 Å². The second-order valence-corrected chi connectivity index (χ2v) is 10.1. The van der Waals surface area contributed by atoms with Crippen LogP contribution >= 0.6 is 0 Å². The van der Waals surface area contributed by atoms with Gasteiger partial charge in [0.25, 0.3) is 5.56 Å². The van der Waals surface area contributed by atoms with Gasteiger partial charge in [0.1, 0.15) is 0 Å². The number of aromatic nitrogens is 4. The molecule has 1 atom stereocenters. The molecule has 0 bridgehead atoms. The third-order valence-electron chi connectivity index (χ3n) is 7.09. The van der Waals surface area contributed by atoms with E-state index in [1.54, 1.807) is 7.05 Å². The van der Waals surface area contributed by atoms with Crippen LogP contribution in [0.2, 0.25) is 0 Å². The molecule has 2 aliphatic rings. The lowest BCUT2D eigenvalue weighted by molar-refractivity contribution is 0.151. The van der Waals surface area contributed by atoms with Crippen molar-refractivity contribution in [1.82, 2.24) is 28.5 Å². The first kappa shape index (κ1) is 24.7. The Balaban J connectivity index is 1.69. The topological polar surface area (TPSA) is 97.6 Å². The van der Waals surface area contributed by atoms with Gasteiger partial charge in [-0.2, -0.15) is 4.98 Å². The number of nitrogens with zero attached hydrogens (tertiary/aromatic N) is 7. The maximum atomic E-state index is 13.7. The molecule has 2 aromatic heterocycles. The number of piperidine rings is 1. The Bertz CT molecular complexity index is 1150. The highest BCUT2D eigenvalue weighted by Crippen LogP contribution is 2.23. The molecule has 0 amide bonds. The van der Waals surface area contributed by atoms with Gasteiger partial charge in [0.05, 0.1) is 0 Å². The molecule has 2 fully saturated rings. The number of rotatable bonds is 7. The fraction of sp³-hybridized carbons (Fsp3) is 0.708. The van der Waals surface area contributed by atoms with Crippen molar-refractivity contribution in [3.8, 4) is 0 Å². The van der Waals surface area contributed by atoms with Gasteiger partial charge in [0, 0.05) is 65.4 Å². The van der Waals surface area contributed by atoms with Crippen LogP contribution in [0.1, 0.15) is 33.1 Å². The third kappa shape index (κ3) is 5.13. The summed E-state index contributed by atoms with van der Waals surface area (Å²) in [7, 11) is 3.85. The highest BCUT2D eigenvalue weighted by molar-refractivity contribution is 5.74. The fourth-order valence-electron chi connectivity index (χ4n) is 4.96. The van der Waals surface area contributed by atoms with Gasteiger partial charge in [-0.25, -0.2) is 4.79 Å². The van der Waals surface area contributed by atoms with Crippen LogP contribution in [0.25, 0.3) is 11.2 Å². The van der Waals surface area contributed by atoms with E-state index in [1.807, 2.05) is 18.4 Å². The smallest absolute Gasteiger partial charge is 0.332 e. The van der Waals surface area contributed by atoms with E-state index >= 15 is 0 Å². The number of fused-ring (bicyclic) bond motifs is 1. The molecular weight excluding hydrogens is 432 g/mol. The van der Waals surface area contributed by atoms with Crippen LogP contribution in [0.5, 0.6) is 0 Å². The summed E-state index contributed by atoms with van der Waals surface area (Å²) < 4.78 is 4.89. The van der Waals surface area contributed by atoms with Gasteiger partial charge in [-0.3, -0.25) is 13.9 Å². The van der Waals surface area contributed by atoms with Crippen LogP contribution < -0.4 is 21.9 Å². The first-order valence-corrected chi connectivity index (χ1v) is 12.5. The summed E-state index contributed by atoms with van der Waals surface area (Å²) in [4.78, 5) is 38.5. The quantitative estimate of drug-likeness (QED) is 0.584. The molecule has 0 saturated carbocycles. The summed E-state index contributed by atoms with van der Waals surface area (Å²) >= 11 is 0. The molecule has 0 radical (unpaired) electrons. The first-order valence-electron chi connectivity index (χ1n) is 12.5. The van der Waals surface area contributed by atoms with E-state index in [0.717, 1.165) is 64.5 Å². The van der Waals surface area contributed by atoms with Gasteiger partial charge in [-0.05, 0) is 46.7 Å². The highest BCUT2D eigenvalue weighted by atomic mass is 16.2. The lowest BCUT2D eigenvalue weighted by atomic mass is 10.1. The average molecular weight is 473 g/mol. The van der Waals surface area contributed by atoms with Crippen molar-refractivity contribution in [3.63, 3.8) is 0 Å². The van der Waals surface area contributed by atoms with Crippen molar-refractivity contribution in [2.24, 2.45) is 12.8 Å². The predicted molar refractivity (Wildman–Crippen MR) is 137 cm³/mol. The molecule has 10 nitrogen and oxygen atoms in total. The number of hydrogen-bond donors (Lipinski definition) is 1. The van der Waals surface area contributed by atoms with Crippen LogP contribution in [0.4, 0.5) is 5.95 Å². The zero-order valence-electron chi connectivity index (χ0n) is 21.2. The molecule has 4 rings (SSSR count). The SMILES string of the molecule is CC(C)=CCn1c(N2CCCC(N)C2)nc2c1c(=O)n(CCCN1CCN(C)CC1)c(=O)n2C. The van der Waals surface area contributed by atoms with Crippen LogP contribution in [-0.4, -0.2) is 87.4 Å². The predicted octanol–water partition coefficient (Wildman–Crippen LogP) is 0.428. The molecule has 10 heteroatoms. The minimum Gasteiger partial charge on any atom is -0.341 e. The van der Waals surface area contributed by atoms with Gasteiger partial charge in [0.2, 0.25) is 5.95 Å². The Morgan fingerprint density at radius 3 is 2.47 bits per heavy atom. The molecule has 0 spiro atoms. The zero-order chi connectivity index (χ0) is 24.4. The molecule has 34 heavy (non-hydrogen) atoms. The molecule has 2 aromatic rings. The number of piperazine rings is 1. The summed E-state index contributed by atoms with van der Waals surface area (Å²) in [5.41, 5.74) is 7.80. The van der Waals surface area contributed by atoms with Gasteiger partial charge in [-0.15, -0.1) is 0 Å². The number of imidazole rings is 1. The molecule has 0 aromatic carbocycles. The third-order valence-corrected chi connectivity index (χ3v) is 7.09. The second-order valence-electron chi connectivity index (χ2n) is 10.1. The Morgan fingerprint density at radius 1 is 1.06 bits per heavy atom. The van der Waals surface area contributed by atoms with Gasteiger partial charge < -0.3 is 25.0 Å². The van der Waals surface area contributed by atoms with Gasteiger partial charge >= 0.3 is 5.69 Å². The number of anilines is 1. The van der Waals surface area contributed by atoms with E-state index in [1.165, 1.54) is 14.7 Å². The minimum absolute atomic E-state index is 0.0838. The van der Waals surface area contributed by atoms with Crippen molar-refractivity contribution in [2.75, 3.05) is 57.8 Å². The van der Waals surface area contributed by atoms with E-state index < -0.39 is 0 Å². The second kappa shape index (κ2) is 10.5. The Hall–Kier alpha value is -2.43. The number of allylic oxidation sites excluding steroid dienone is 2. The molecule has 1 unspecified atom stereocenters. The standard InChI is InChI=1S/C24H40N8O2/c1-18(2)8-12-31-20-21(26-23(31)30-10-5-7-19(25)17-30)28(4)24(34)32(22(20)33)11-6-9-29-15-13-27(3)14-16-29/h8,19H,5-7,9-17,25H2,1-4H3. The summed E-state index contributed by atoms with van der Waals surface area (Å²) in [5.74, 6) is 0.727. The van der Waals surface area contributed by atoms with E-state index in [9.17, 15) is 9.59 Å². The van der Waals surface area contributed by atoms with Crippen LogP contribution in [0, 0.1) is 0 Å². The van der Waals surface area contributed by atoms with Crippen molar-refractivity contribution in [3.05, 3.63) is 32.5 Å². The van der Waals surface area contributed by atoms with Crippen molar-refractivity contribution < 1.29 is 0 Å². The van der Waals surface area contributed by atoms with Crippen LogP contribution in [0.15, 0.2) is 21.2 Å². The zero-order valence-corrected chi connectivity index (χ0v) is 21.2. The Kier molecular flexibility index (Phi) is 7.59. The number of likely N-dealkylation sites (N-methyl/N-ethyl adjacent to an activating group) is 1. The highest BCUT2D eigenvalue weighted by Gasteiger charge is 2.26. The van der Waals surface area contributed by atoms with E-state index in [-0.39, 0.29) is 17.3 Å². The lowest BCUT2D eigenvalue weighted by Gasteiger charge is -2.32. The molecule has 4 heterocycles. The molecule has 2 saturated heterocycles. The molecule has 0 aliphatic carbocycles. The largest absolute Gasteiger partial charge is 0.341 e. The molecular formula is C24H40N8O2. The van der Waals surface area contributed by atoms with Crippen molar-refractivity contribution >= 4 is 17.1 Å². The number of nitrogens with two attached hydrogens (primary N) is 1. The Labute approximate surface area is 201 Å². The summed E-state index contributed by atoms with van der Waals surface area (Å²) in [6.45, 7) is 11.6. The summed E-state index contributed by atoms with van der Waals surface area (Å²) in [5, 5.41) is 0. The fourth-order valence-corrected chi connectivity index (χ4v) is 4.96. The maximum absolute atomic E-state index is 13.7. The van der Waals surface area contributed by atoms with E-state index in [4.69, 9.17) is 10.7 Å². The number of hydrogen-bond acceptors (Lipinski definition) is 7. The Morgan fingerprint density at radius 2 is 1.79 bits per heavy atom. The normalized spacial score (nSPS) is 20.3.